The number of carbonyl (C=O) groups excluding carboxylic acids is 2. The molecule has 0 aliphatic rings. The molecule has 0 saturated heterocycles. The Balaban J connectivity index is 2.52. The predicted octanol–water partition coefficient (Wildman–Crippen LogP) is 0.205. The van der Waals surface area contributed by atoms with Gasteiger partial charge in [-0.05, 0) is 18.6 Å². The van der Waals surface area contributed by atoms with Gasteiger partial charge < -0.3 is 15.7 Å². The molecule has 1 aromatic carbocycles. The van der Waals surface area contributed by atoms with Crippen molar-refractivity contribution in [1.82, 2.24) is 5.48 Å². The van der Waals surface area contributed by atoms with Crippen LogP contribution < -0.4 is 16.0 Å². The monoisotopic (exact) mass is 238 g/mol. The molecule has 1 amide bonds. The highest BCUT2D eigenvalue weighted by Gasteiger charge is 2.20. The fourth-order valence-corrected chi connectivity index (χ4v) is 1.20. The average molecular weight is 238 g/mol. The number of rotatable bonds is 6. The third-order valence-corrected chi connectivity index (χ3v) is 2.08. The Bertz CT molecular complexity index is 380. The van der Waals surface area contributed by atoms with Crippen LogP contribution in [-0.4, -0.2) is 23.1 Å². The highest BCUT2D eigenvalue weighted by Crippen LogP contribution is 2.10. The smallest absolute Gasteiger partial charge is 0.330 e. The molecular weight excluding hydrogens is 224 g/mol. The topological polar surface area (TPSA) is 102 Å². The molecule has 4 N–H and O–H groups in total. The Kier molecular flexibility index (Phi) is 5.12. The minimum Gasteiger partial charge on any atom is -0.425 e. The summed E-state index contributed by atoms with van der Waals surface area (Å²) in [7, 11) is 0. The maximum atomic E-state index is 11.6. The van der Waals surface area contributed by atoms with Crippen molar-refractivity contribution in [2.24, 2.45) is 5.73 Å². The lowest BCUT2D eigenvalue weighted by Gasteiger charge is -2.12. The van der Waals surface area contributed by atoms with Crippen LogP contribution >= 0.6 is 0 Å². The molecule has 0 saturated carbocycles. The summed E-state index contributed by atoms with van der Waals surface area (Å²) in [5.41, 5.74) is 6.74. The first kappa shape index (κ1) is 13.1. The van der Waals surface area contributed by atoms with E-state index in [1.165, 1.54) is 0 Å². The fraction of sp³-hybridized carbons (Fsp3) is 0.273. The average Bonchev–Trinajstić information content (AvgIpc) is 2.30. The van der Waals surface area contributed by atoms with Crippen molar-refractivity contribution in [2.45, 2.75) is 18.9 Å². The molecular formula is C11H14N2O4. The van der Waals surface area contributed by atoms with Gasteiger partial charge >= 0.3 is 5.97 Å². The van der Waals surface area contributed by atoms with E-state index in [-0.39, 0.29) is 12.8 Å². The molecule has 0 bridgehead atoms. The summed E-state index contributed by atoms with van der Waals surface area (Å²) in [6, 6.07) is 7.47. The first-order chi connectivity index (χ1) is 8.13. The lowest BCUT2D eigenvalue weighted by Crippen LogP contribution is -2.38. The third kappa shape index (κ3) is 4.62. The van der Waals surface area contributed by atoms with E-state index < -0.39 is 17.9 Å². The first-order valence-corrected chi connectivity index (χ1v) is 5.08. The number of nitrogens with two attached hydrogens (primary N) is 1. The van der Waals surface area contributed by atoms with Crippen LogP contribution in [0.1, 0.15) is 12.8 Å². The first-order valence-electron chi connectivity index (χ1n) is 5.08. The number of carbonyl (C=O) groups is 2. The third-order valence-electron chi connectivity index (χ3n) is 2.08. The van der Waals surface area contributed by atoms with E-state index in [2.05, 4.69) is 0 Å². The second-order valence-electron chi connectivity index (χ2n) is 3.42. The molecule has 0 aromatic heterocycles. The lowest BCUT2D eigenvalue weighted by molar-refractivity contribution is -0.139. The van der Waals surface area contributed by atoms with Gasteiger partial charge in [0.25, 0.3) is 0 Å². The van der Waals surface area contributed by atoms with Gasteiger partial charge in [-0.25, -0.2) is 4.79 Å². The fourth-order valence-electron chi connectivity index (χ4n) is 1.20. The molecule has 1 aromatic rings. The molecule has 0 spiro atoms. The Morgan fingerprint density at radius 1 is 1.35 bits per heavy atom. The number of amides is 1. The van der Waals surface area contributed by atoms with Crippen molar-refractivity contribution < 1.29 is 19.5 Å². The maximum absolute atomic E-state index is 11.6. The number of primary amides is 1. The number of hydrogen-bond acceptors (Lipinski definition) is 5. The molecule has 1 rings (SSSR count). The molecule has 6 heteroatoms. The van der Waals surface area contributed by atoms with Crippen LogP contribution in [0.4, 0.5) is 0 Å². The molecule has 0 unspecified atom stereocenters. The minimum atomic E-state index is -0.970. The van der Waals surface area contributed by atoms with E-state index in [9.17, 15) is 9.59 Å². The van der Waals surface area contributed by atoms with E-state index in [1.807, 2.05) is 0 Å². The van der Waals surface area contributed by atoms with Gasteiger partial charge in [0.15, 0.2) is 0 Å². The summed E-state index contributed by atoms with van der Waals surface area (Å²) in [5.74, 6) is -0.838. The normalized spacial score (nSPS) is 11.8. The highest BCUT2D eigenvalue weighted by atomic mass is 16.5. The quantitative estimate of drug-likeness (QED) is 0.373. The number of benzene rings is 1. The molecule has 0 fully saturated rings. The van der Waals surface area contributed by atoms with E-state index in [0.29, 0.717) is 5.75 Å². The van der Waals surface area contributed by atoms with Gasteiger partial charge in [0.2, 0.25) is 5.91 Å². The van der Waals surface area contributed by atoms with Gasteiger partial charge in [-0.3, -0.25) is 4.79 Å². The van der Waals surface area contributed by atoms with Crippen LogP contribution in [0.15, 0.2) is 30.3 Å². The summed E-state index contributed by atoms with van der Waals surface area (Å²) in [5, 5.41) is 8.78. The molecule has 0 aliphatic carbocycles. The molecule has 0 radical (unpaired) electrons. The van der Waals surface area contributed by atoms with E-state index >= 15 is 0 Å². The Morgan fingerprint density at radius 2 is 2.00 bits per heavy atom. The Morgan fingerprint density at radius 3 is 2.53 bits per heavy atom. The van der Waals surface area contributed by atoms with Crippen molar-refractivity contribution in [1.29, 1.82) is 0 Å². The number of ether oxygens (including phenoxy) is 1. The lowest BCUT2D eigenvalue weighted by atomic mass is 10.1. The second-order valence-corrected chi connectivity index (χ2v) is 3.42. The number of hydrogen-bond donors (Lipinski definition) is 3. The van der Waals surface area contributed by atoms with Crippen LogP contribution in [0.3, 0.4) is 0 Å². The van der Waals surface area contributed by atoms with Gasteiger partial charge in [-0.1, -0.05) is 18.2 Å². The van der Waals surface area contributed by atoms with Crippen molar-refractivity contribution in [3.05, 3.63) is 30.3 Å². The van der Waals surface area contributed by atoms with Crippen molar-refractivity contribution in [3.8, 4) is 5.75 Å². The zero-order valence-corrected chi connectivity index (χ0v) is 9.13. The van der Waals surface area contributed by atoms with Gasteiger partial charge in [-0.15, -0.1) is 0 Å². The summed E-state index contributed by atoms with van der Waals surface area (Å²) in [6.07, 6.45) is 0.0691. The van der Waals surface area contributed by atoms with Crippen LogP contribution in [0.25, 0.3) is 0 Å². The summed E-state index contributed by atoms with van der Waals surface area (Å²) >= 11 is 0. The van der Waals surface area contributed by atoms with Crippen LogP contribution in [0, 0.1) is 0 Å². The number of para-hydroxylation sites is 1. The van der Waals surface area contributed by atoms with E-state index in [4.69, 9.17) is 15.7 Å². The van der Waals surface area contributed by atoms with Crippen molar-refractivity contribution in [3.63, 3.8) is 0 Å². The number of hydroxylamine groups is 1. The van der Waals surface area contributed by atoms with Gasteiger partial charge in [0.05, 0.1) is 0 Å². The second kappa shape index (κ2) is 6.62. The van der Waals surface area contributed by atoms with Gasteiger partial charge in [0.1, 0.15) is 11.8 Å². The van der Waals surface area contributed by atoms with Crippen molar-refractivity contribution in [2.75, 3.05) is 0 Å². The highest BCUT2D eigenvalue weighted by molar-refractivity contribution is 5.79. The Hall–Kier alpha value is -1.92. The van der Waals surface area contributed by atoms with Gasteiger partial charge in [-0.2, -0.15) is 5.48 Å². The standard InChI is InChI=1S/C11H14N2O4/c12-10(14)7-6-9(13-16)11(15)17-8-4-2-1-3-5-8/h1-5,9,13,16H,6-7H2,(H2,12,14)/t9-/m0/s1. The van der Waals surface area contributed by atoms with Crippen LogP contribution in [0.5, 0.6) is 5.75 Å². The van der Waals surface area contributed by atoms with Gasteiger partial charge in [0, 0.05) is 6.42 Å². The van der Waals surface area contributed by atoms with E-state index in [0.717, 1.165) is 0 Å². The predicted molar refractivity (Wildman–Crippen MR) is 59.2 cm³/mol. The number of esters is 1. The maximum Gasteiger partial charge on any atom is 0.330 e. The largest absolute Gasteiger partial charge is 0.425 e. The summed E-state index contributed by atoms with van der Waals surface area (Å²) in [6.45, 7) is 0. The van der Waals surface area contributed by atoms with E-state index in [1.54, 1.807) is 35.8 Å². The number of nitrogens with one attached hydrogen (secondary N) is 1. The SMILES string of the molecule is NC(=O)CC[C@H](NO)C(=O)Oc1ccccc1. The minimum absolute atomic E-state index is 0.0118. The summed E-state index contributed by atoms with van der Waals surface area (Å²) < 4.78 is 4.99. The van der Waals surface area contributed by atoms with Crippen LogP contribution in [0.2, 0.25) is 0 Å². The molecule has 92 valence electrons. The summed E-state index contributed by atoms with van der Waals surface area (Å²) in [4.78, 5) is 22.1. The van der Waals surface area contributed by atoms with Crippen LogP contribution in [-0.2, 0) is 9.59 Å². The molecule has 17 heavy (non-hydrogen) atoms. The molecule has 0 heterocycles. The molecule has 1 atom stereocenters. The zero-order chi connectivity index (χ0) is 12.7. The zero-order valence-electron chi connectivity index (χ0n) is 9.13. The van der Waals surface area contributed by atoms with Crippen molar-refractivity contribution >= 4 is 11.9 Å². The molecule has 0 aliphatic heterocycles. The molecule has 6 nitrogen and oxygen atoms in total. The Labute approximate surface area is 98.3 Å².